The number of carbonyl (C=O) groups excluding carboxylic acids is 1. The number of aromatic nitrogens is 3. The Balaban J connectivity index is 1.19. The van der Waals surface area contributed by atoms with E-state index in [0.717, 1.165) is 21.9 Å². The maximum absolute atomic E-state index is 12.6. The standard InChI is InChI=1S/C31H28Cl2N4O3/c32-27-12-11-26(17-28(27)33)37-31(18-29(36-37)24-7-3-13-34-19-24)40-14-4-8-30(39)35-25(20-38)16-21-9-10-22-5-1-2-6-23(22)15-21/h1-3,5-7,9-13,15,17-19,25,38H,4,8,14,16,20H2,(H,35,39)/t25-/m0/s1. The summed E-state index contributed by atoms with van der Waals surface area (Å²) in [6.07, 6.45) is 4.71. The Hall–Kier alpha value is -3.91. The van der Waals surface area contributed by atoms with E-state index in [1.165, 1.54) is 0 Å². The number of carbonyl (C=O) groups is 1. The molecule has 3 aromatic carbocycles. The first-order valence-corrected chi connectivity index (χ1v) is 13.7. The molecule has 0 aliphatic carbocycles. The predicted octanol–water partition coefficient (Wildman–Crippen LogP) is 6.27. The molecule has 2 aromatic heterocycles. The molecule has 0 aliphatic rings. The first-order valence-electron chi connectivity index (χ1n) is 13.0. The fraction of sp³-hybridized carbons (Fsp3) is 0.194. The van der Waals surface area contributed by atoms with Gasteiger partial charge in [-0.15, -0.1) is 0 Å². The second-order valence-corrected chi connectivity index (χ2v) is 10.2. The molecule has 0 spiro atoms. The molecule has 40 heavy (non-hydrogen) atoms. The molecule has 2 heterocycles. The largest absolute Gasteiger partial charge is 0.478 e. The zero-order valence-corrected chi connectivity index (χ0v) is 23.1. The number of hydrogen-bond donors (Lipinski definition) is 2. The SMILES string of the molecule is O=C(CCCOc1cc(-c2cccnc2)nn1-c1ccc(Cl)c(Cl)c1)N[C@H](CO)Cc1ccc2ccccc2c1. The van der Waals surface area contributed by atoms with Crippen LogP contribution in [-0.2, 0) is 11.2 Å². The van der Waals surface area contributed by atoms with Gasteiger partial charge in [-0.25, -0.2) is 4.68 Å². The lowest BCUT2D eigenvalue weighted by Gasteiger charge is -2.17. The van der Waals surface area contributed by atoms with Crippen LogP contribution < -0.4 is 10.1 Å². The third kappa shape index (κ3) is 6.80. The van der Waals surface area contributed by atoms with Gasteiger partial charge in [0.25, 0.3) is 0 Å². The number of nitrogens with one attached hydrogen (secondary N) is 1. The number of fused-ring (bicyclic) bond motifs is 1. The smallest absolute Gasteiger partial charge is 0.220 e. The van der Waals surface area contributed by atoms with Crippen molar-refractivity contribution in [2.75, 3.05) is 13.2 Å². The van der Waals surface area contributed by atoms with Gasteiger partial charge in [0, 0.05) is 30.4 Å². The Morgan fingerprint density at radius 2 is 1.82 bits per heavy atom. The van der Waals surface area contributed by atoms with Crippen LogP contribution in [0.2, 0.25) is 10.0 Å². The highest BCUT2D eigenvalue weighted by Gasteiger charge is 2.16. The van der Waals surface area contributed by atoms with Crippen LogP contribution in [0.5, 0.6) is 5.88 Å². The number of nitrogens with zero attached hydrogens (tertiary/aromatic N) is 3. The number of aliphatic hydroxyl groups is 1. The average molecular weight is 575 g/mol. The minimum atomic E-state index is -0.368. The number of benzene rings is 3. The fourth-order valence-corrected chi connectivity index (χ4v) is 4.74. The van der Waals surface area contributed by atoms with Crippen molar-refractivity contribution >= 4 is 39.9 Å². The van der Waals surface area contributed by atoms with E-state index in [1.54, 1.807) is 35.3 Å². The number of halogens is 2. The fourth-order valence-electron chi connectivity index (χ4n) is 4.44. The van der Waals surface area contributed by atoms with Gasteiger partial charge < -0.3 is 15.2 Å². The van der Waals surface area contributed by atoms with E-state index >= 15 is 0 Å². The van der Waals surface area contributed by atoms with Crippen molar-refractivity contribution < 1.29 is 14.6 Å². The molecule has 0 saturated heterocycles. The molecule has 0 fully saturated rings. The number of aliphatic hydroxyl groups excluding tert-OH is 1. The van der Waals surface area contributed by atoms with Crippen molar-refractivity contribution in [3.8, 4) is 22.8 Å². The molecule has 9 heteroatoms. The quantitative estimate of drug-likeness (QED) is 0.181. The average Bonchev–Trinajstić information content (AvgIpc) is 3.41. The Kier molecular flexibility index (Phi) is 8.96. The third-order valence-electron chi connectivity index (χ3n) is 6.46. The van der Waals surface area contributed by atoms with E-state index in [0.29, 0.717) is 46.8 Å². The summed E-state index contributed by atoms with van der Waals surface area (Å²) in [5.74, 6) is 0.361. The topological polar surface area (TPSA) is 89.3 Å². The summed E-state index contributed by atoms with van der Waals surface area (Å²) in [7, 11) is 0. The summed E-state index contributed by atoms with van der Waals surface area (Å²) in [4.78, 5) is 16.8. The van der Waals surface area contributed by atoms with E-state index in [9.17, 15) is 9.90 Å². The minimum absolute atomic E-state index is 0.141. The Bertz CT molecular complexity index is 1610. The van der Waals surface area contributed by atoms with Crippen LogP contribution in [0.25, 0.3) is 27.7 Å². The van der Waals surface area contributed by atoms with E-state index in [1.807, 2.05) is 36.4 Å². The second-order valence-electron chi connectivity index (χ2n) is 9.40. The summed E-state index contributed by atoms with van der Waals surface area (Å²) in [6, 6.07) is 24.7. The molecule has 1 amide bonds. The summed E-state index contributed by atoms with van der Waals surface area (Å²) < 4.78 is 7.71. The van der Waals surface area contributed by atoms with Crippen molar-refractivity contribution in [2.45, 2.75) is 25.3 Å². The van der Waals surface area contributed by atoms with E-state index in [-0.39, 0.29) is 25.0 Å². The molecule has 0 bridgehead atoms. The van der Waals surface area contributed by atoms with Gasteiger partial charge in [0.1, 0.15) is 0 Å². The van der Waals surface area contributed by atoms with Crippen LogP contribution >= 0.6 is 23.2 Å². The molecular formula is C31H28Cl2N4O3. The molecule has 5 rings (SSSR count). The Morgan fingerprint density at radius 3 is 2.60 bits per heavy atom. The van der Waals surface area contributed by atoms with Crippen molar-refractivity contribution in [3.05, 3.63) is 107 Å². The monoisotopic (exact) mass is 574 g/mol. The molecule has 2 N–H and O–H groups in total. The molecule has 0 unspecified atom stereocenters. The van der Waals surface area contributed by atoms with E-state index in [2.05, 4.69) is 39.7 Å². The number of amides is 1. The number of rotatable bonds is 11. The predicted molar refractivity (Wildman–Crippen MR) is 158 cm³/mol. The molecule has 5 aromatic rings. The van der Waals surface area contributed by atoms with Gasteiger partial charge in [-0.1, -0.05) is 65.7 Å². The van der Waals surface area contributed by atoms with Gasteiger partial charge in [-0.3, -0.25) is 9.78 Å². The summed E-state index contributed by atoms with van der Waals surface area (Å²) in [6.45, 7) is 0.149. The number of hydrogen-bond acceptors (Lipinski definition) is 5. The van der Waals surface area contributed by atoms with Crippen LogP contribution in [0.3, 0.4) is 0 Å². The lowest BCUT2D eigenvalue weighted by Crippen LogP contribution is -2.39. The van der Waals surface area contributed by atoms with Crippen molar-refractivity contribution in [1.29, 1.82) is 0 Å². The van der Waals surface area contributed by atoms with Crippen LogP contribution in [0.15, 0.2) is 91.3 Å². The van der Waals surface area contributed by atoms with Crippen LogP contribution in [0.1, 0.15) is 18.4 Å². The van der Waals surface area contributed by atoms with Gasteiger partial charge in [-0.05, 0) is 59.5 Å². The van der Waals surface area contributed by atoms with Crippen molar-refractivity contribution in [3.63, 3.8) is 0 Å². The number of ether oxygens (including phenoxy) is 1. The summed E-state index contributed by atoms with van der Waals surface area (Å²) in [5.41, 5.74) is 3.27. The lowest BCUT2D eigenvalue weighted by atomic mass is 10.0. The van der Waals surface area contributed by atoms with Crippen molar-refractivity contribution in [1.82, 2.24) is 20.1 Å². The Morgan fingerprint density at radius 1 is 0.975 bits per heavy atom. The van der Waals surface area contributed by atoms with E-state index < -0.39 is 0 Å². The summed E-state index contributed by atoms with van der Waals surface area (Å²) in [5, 5.41) is 20.6. The Labute approximate surface area is 242 Å². The normalized spacial score (nSPS) is 11.9. The third-order valence-corrected chi connectivity index (χ3v) is 7.20. The zero-order valence-electron chi connectivity index (χ0n) is 21.6. The molecule has 0 aliphatic heterocycles. The highest BCUT2D eigenvalue weighted by molar-refractivity contribution is 6.42. The molecule has 0 saturated carbocycles. The first kappa shape index (κ1) is 27.6. The molecular weight excluding hydrogens is 547 g/mol. The maximum Gasteiger partial charge on any atom is 0.220 e. The van der Waals surface area contributed by atoms with Gasteiger partial charge in [0.15, 0.2) is 0 Å². The highest BCUT2D eigenvalue weighted by atomic mass is 35.5. The number of pyridine rings is 1. The molecule has 204 valence electrons. The lowest BCUT2D eigenvalue weighted by molar-refractivity contribution is -0.122. The highest BCUT2D eigenvalue weighted by Crippen LogP contribution is 2.30. The summed E-state index contributed by atoms with van der Waals surface area (Å²) >= 11 is 12.3. The van der Waals surface area contributed by atoms with Gasteiger partial charge in [-0.2, -0.15) is 5.10 Å². The van der Waals surface area contributed by atoms with Crippen LogP contribution in [0.4, 0.5) is 0 Å². The molecule has 7 nitrogen and oxygen atoms in total. The zero-order chi connectivity index (χ0) is 27.9. The molecule has 0 radical (unpaired) electrons. The van der Waals surface area contributed by atoms with Crippen molar-refractivity contribution in [2.24, 2.45) is 0 Å². The van der Waals surface area contributed by atoms with Gasteiger partial charge in [0.2, 0.25) is 11.8 Å². The maximum atomic E-state index is 12.6. The van der Waals surface area contributed by atoms with Gasteiger partial charge >= 0.3 is 0 Å². The van der Waals surface area contributed by atoms with E-state index in [4.69, 9.17) is 27.9 Å². The van der Waals surface area contributed by atoms with Gasteiger partial charge in [0.05, 0.1) is 40.7 Å². The molecule has 1 atom stereocenters. The van der Waals surface area contributed by atoms with Crippen LogP contribution in [-0.4, -0.2) is 45.0 Å². The van der Waals surface area contributed by atoms with Crippen LogP contribution in [0, 0.1) is 0 Å². The minimum Gasteiger partial charge on any atom is -0.478 e. The first-order chi connectivity index (χ1) is 19.5. The second kappa shape index (κ2) is 13.0.